The molecule has 0 radical (unpaired) electrons. The Labute approximate surface area is 138 Å². The van der Waals surface area contributed by atoms with E-state index in [1.165, 1.54) is 5.57 Å². The summed E-state index contributed by atoms with van der Waals surface area (Å²) >= 11 is 0. The lowest BCUT2D eigenvalue weighted by molar-refractivity contribution is 0.451. The summed E-state index contributed by atoms with van der Waals surface area (Å²) in [5, 5.41) is 7.97. The first-order valence-electron chi connectivity index (χ1n) is 8.58. The maximum absolute atomic E-state index is 7.97. The van der Waals surface area contributed by atoms with Crippen molar-refractivity contribution in [1.82, 2.24) is 0 Å². The SMILES string of the molecule is C/C=C/CC(C)C/C(C)=C(C(=N)N)/C(C)=C\C(CC)C(C)C. The smallest absolute Gasteiger partial charge is 0.122 e. The third-order valence-electron chi connectivity index (χ3n) is 4.31. The van der Waals surface area contributed by atoms with Crippen LogP contribution in [0.5, 0.6) is 0 Å². The number of rotatable bonds is 9. The van der Waals surface area contributed by atoms with Crippen molar-refractivity contribution in [3.8, 4) is 0 Å². The second-order valence-electron chi connectivity index (χ2n) is 6.85. The fraction of sp³-hybridized carbons (Fsp3) is 0.650. The molecule has 0 bridgehead atoms. The molecular weight excluding hydrogens is 268 g/mol. The molecule has 0 amide bonds. The standard InChI is InChI=1S/C20H36N2/c1-8-10-11-15(5)12-16(6)19(20(21)22)17(7)13-18(9-2)14(3)4/h8,10,13-15,18H,9,11-12H2,1-7H3,(H3,21,22)/b10-8+,17-13-,19-16-. The number of allylic oxidation sites excluding steroid dienone is 4. The van der Waals surface area contributed by atoms with E-state index >= 15 is 0 Å². The van der Waals surface area contributed by atoms with Gasteiger partial charge in [-0.2, -0.15) is 0 Å². The number of hydrogen-bond acceptors (Lipinski definition) is 1. The van der Waals surface area contributed by atoms with E-state index in [1.54, 1.807) is 0 Å². The van der Waals surface area contributed by atoms with E-state index in [9.17, 15) is 0 Å². The molecule has 0 rings (SSSR count). The Morgan fingerprint density at radius 1 is 1.18 bits per heavy atom. The van der Waals surface area contributed by atoms with Crippen LogP contribution >= 0.6 is 0 Å². The molecule has 0 aliphatic carbocycles. The minimum absolute atomic E-state index is 0.197. The molecule has 0 saturated heterocycles. The minimum atomic E-state index is 0.197. The van der Waals surface area contributed by atoms with Crippen LogP contribution in [-0.4, -0.2) is 5.84 Å². The number of amidine groups is 1. The predicted molar refractivity (Wildman–Crippen MR) is 100 cm³/mol. The third kappa shape index (κ3) is 7.11. The zero-order chi connectivity index (χ0) is 17.3. The molecule has 2 nitrogen and oxygen atoms in total. The zero-order valence-electron chi connectivity index (χ0n) is 15.7. The van der Waals surface area contributed by atoms with Gasteiger partial charge in [-0.1, -0.05) is 51.5 Å². The highest BCUT2D eigenvalue weighted by Crippen LogP contribution is 2.26. The van der Waals surface area contributed by atoms with Crippen LogP contribution in [-0.2, 0) is 0 Å². The van der Waals surface area contributed by atoms with Gasteiger partial charge >= 0.3 is 0 Å². The van der Waals surface area contributed by atoms with Crippen LogP contribution in [0.3, 0.4) is 0 Å². The molecule has 2 unspecified atom stereocenters. The Hall–Kier alpha value is -1.31. The summed E-state index contributed by atoms with van der Waals surface area (Å²) in [4.78, 5) is 0. The van der Waals surface area contributed by atoms with Crippen molar-refractivity contribution in [2.75, 3.05) is 0 Å². The van der Waals surface area contributed by atoms with Gasteiger partial charge in [-0.05, 0) is 63.4 Å². The summed E-state index contributed by atoms with van der Waals surface area (Å²) < 4.78 is 0. The lowest BCUT2D eigenvalue weighted by atomic mass is 9.87. The largest absolute Gasteiger partial charge is 0.384 e. The van der Waals surface area contributed by atoms with Gasteiger partial charge in [0, 0.05) is 5.57 Å². The maximum Gasteiger partial charge on any atom is 0.122 e. The van der Waals surface area contributed by atoms with Crippen molar-refractivity contribution in [2.45, 2.75) is 67.7 Å². The van der Waals surface area contributed by atoms with Crippen LogP contribution < -0.4 is 5.73 Å². The van der Waals surface area contributed by atoms with E-state index in [2.05, 4.69) is 66.7 Å². The average Bonchev–Trinajstić information content (AvgIpc) is 2.41. The number of nitrogens with one attached hydrogen (secondary N) is 1. The summed E-state index contributed by atoms with van der Waals surface area (Å²) in [7, 11) is 0. The zero-order valence-corrected chi connectivity index (χ0v) is 15.7. The molecule has 0 aromatic heterocycles. The molecule has 2 atom stereocenters. The van der Waals surface area contributed by atoms with Crippen LogP contribution in [0.2, 0.25) is 0 Å². The second kappa shape index (κ2) is 10.4. The molecule has 0 aliphatic heterocycles. The Bertz CT molecular complexity index is 439. The van der Waals surface area contributed by atoms with E-state index in [0.717, 1.165) is 30.4 Å². The molecule has 0 saturated carbocycles. The first-order chi connectivity index (χ1) is 10.2. The average molecular weight is 305 g/mol. The van der Waals surface area contributed by atoms with Gasteiger partial charge in [0.2, 0.25) is 0 Å². The Morgan fingerprint density at radius 2 is 1.77 bits per heavy atom. The van der Waals surface area contributed by atoms with E-state index < -0.39 is 0 Å². The molecule has 0 spiro atoms. The minimum Gasteiger partial charge on any atom is -0.384 e. The van der Waals surface area contributed by atoms with Gasteiger partial charge in [0.15, 0.2) is 0 Å². The molecule has 0 aliphatic rings. The maximum atomic E-state index is 7.97. The van der Waals surface area contributed by atoms with Crippen molar-refractivity contribution in [3.05, 3.63) is 34.9 Å². The van der Waals surface area contributed by atoms with Gasteiger partial charge in [-0.15, -0.1) is 0 Å². The Balaban J connectivity index is 5.38. The lowest BCUT2D eigenvalue weighted by Crippen LogP contribution is -2.17. The fourth-order valence-electron chi connectivity index (χ4n) is 3.04. The van der Waals surface area contributed by atoms with Crippen molar-refractivity contribution >= 4 is 5.84 Å². The van der Waals surface area contributed by atoms with E-state index in [0.29, 0.717) is 17.8 Å². The summed E-state index contributed by atoms with van der Waals surface area (Å²) in [6.07, 6.45) is 9.80. The molecule has 0 fully saturated rings. The number of hydrogen-bond donors (Lipinski definition) is 2. The van der Waals surface area contributed by atoms with Crippen LogP contribution in [0.1, 0.15) is 67.7 Å². The van der Waals surface area contributed by atoms with Crippen molar-refractivity contribution < 1.29 is 0 Å². The highest BCUT2D eigenvalue weighted by Gasteiger charge is 2.14. The van der Waals surface area contributed by atoms with Gasteiger partial charge in [0.25, 0.3) is 0 Å². The van der Waals surface area contributed by atoms with Crippen molar-refractivity contribution in [1.29, 1.82) is 5.41 Å². The molecule has 22 heavy (non-hydrogen) atoms. The molecule has 3 N–H and O–H groups in total. The Morgan fingerprint density at radius 3 is 2.18 bits per heavy atom. The molecular formula is C20H36N2. The molecule has 0 aromatic carbocycles. The third-order valence-corrected chi connectivity index (χ3v) is 4.31. The van der Waals surface area contributed by atoms with E-state index in [4.69, 9.17) is 11.1 Å². The summed E-state index contributed by atoms with van der Waals surface area (Å²) in [6.45, 7) is 15.3. The van der Waals surface area contributed by atoms with Gasteiger partial charge in [-0.3, -0.25) is 5.41 Å². The summed E-state index contributed by atoms with van der Waals surface area (Å²) in [5.41, 5.74) is 9.22. The topological polar surface area (TPSA) is 49.9 Å². The van der Waals surface area contributed by atoms with Gasteiger partial charge < -0.3 is 5.73 Å². The normalized spacial score (nSPS) is 16.8. The van der Waals surface area contributed by atoms with E-state index in [1.807, 2.05) is 0 Å². The highest BCUT2D eigenvalue weighted by molar-refractivity contribution is 5.99. The number of nitrogens with two attached hydrogens (primary N) is 1. The van der Waals surface area contributed by atoms with E-state index in [-0.39, 0.29) is 5.84 Å². The first kappa shape index (κ1) is 20.7. The lowest BCUT2D eigenvalue weighted by Gasteiger charge is -2.19. The van der Waals surface area contributed by atoms with Gasteiger partial charge in [-0.25, -0.2) is 0 Å². The van der Waals surface area contributed by atoms with Crippen LogP contribution in [0, 0.1) is 23.2 Å². The van der Waals surface area contributed by atoms with Crippen LogP contribution in [0.15, 0.2) is 34.9 Å². The Kier molecular flexibility index (Phi) is 9.80. The molecule has 0 aromatic rings. The van der Waals surface area contributed by atoms with Crippen LogP contribution in [0.25, 0.3) is 0 Å². The molecule has 126 valence electrons. The highest BCUT2D eigenvalue weighted by atomic mass is 14.7. The molecule has 0 heterocycles. The predicted octanol–water partition coefficient (Wildman–Crippen LogP) is 5.86. The van der Waals surface area contributed by atoms with Gasteiger partial charge in [0.1, 0.15) is 5.84 Å². The quantitative estimate of drug-likeness (QED) is 0.238. The fourth-order valence-corrected chi connectivity index (χ4v) is 3.04. The van der Waals surface area contributed by atoms with Crippen LogP contribution in [0.4, 0.5) is 0 Å². The summed E-state index contributed by atoms with van der Waals surface area (Å²) in [6, 6.07) is 0. The van der Waals surface area contributed by atoms with Gasteiger partial charge in [0.05, 0.1) is 0 Å². The van der Waals surface area contributed by atoms with Crippen molar-refractivity contribution in [2.24, 2.45) is 23.5 Å². The van der Waals surface area contributed by atoms with Crippen molar-refractivity contribution in [3.63, 3.8) is 0 Å². The monoisotopic (exact) mass is 304 g/mol. The first-order valence-corrected chi connectivity index (χ1v) is 8.58. The summed E-state index contributed by atoms with van der Waals surface area (Å²) in [5.74, 6) is 1.93. The second-order valence-corrected chi connectivity index (χ2v) is 6.85. The molecule has 2 heteroatoms.